The Morgan fingerprint density at radius 1 is 1.04 bits per heavy atom. The zero-order valence-corrected chi connectivity index (χ0v) is 16.0. The molecule has 28 heavy (non-hydrogen) atoms. The second-order valence-electron chi connectivity index (χ2n) is 7.16. The number of hydrogen-bond donors (Lipinski definition) is 2. The van der Waals surface area contributed by atoms with Gasteiger partial charge < -0.3 is 15.5 Å². The fraction of sp³-hybridized carbons (Fsp3) is 0.217. The number of amides is 2. The van der Waals surface area contributed by atoms with E-state index in [2.05, 4.69) is 63.8 Å². The van der Waals surface area contributed by atoms with E-state index in [4.69, 9.17) is 0 Å². The average molecular weight is 372 g/mol. The zero-order valence-electron chi connectivity index (χ0n) is 16.0. The highest BCUT2D eigenvalue weighted by molar-refractivity contribution is 5.89. The Hall–Kier alpha value is -3.34. The van der Waals surface area contributed by atoms with Crippen molar-refractivity contribution in [3.8, 4) is 0 Å². The third-order valence-corrected chi connectivity index (χ3v) is 5.03. The van der Waals surface area contributed by atoms with Crippen LogP contribution in [0.4, 0.5) is 16.2 Å². The van der Waals surface area contributed by atoms with E-state index in [-0.39, 0.29) is 6.03 Å². The molecular formula is C23H24N4O. The Balaban J connectivity index is 1.36. The predicted molar refractivity (Wildman–Crippen MR) is 112 cm³/mol. The van der Waals surface area contributed by atoms with Gasteiger partial charge in [-0.2, -0.15) is 0 Å². The van der Waals surface area contributed by atoms with Gasteiger partial charge >= 0.3 is 6.03 Å². The van der Waals surface area contributed by atoms with Crippen LogP contribution in [0.25, 0.3) is 0 Å². The number of aromatic nitrogens is 1. The summed E-state index contributed by atoms with van der Waals surface area (Å²) in [5, 5.41) is 5.80. The molecule has 0 unspecified atom stereocenters. The Morgan fingerprint density at radius 2 is 1.82 bits per heavy atom. The summed E-state index contributed by atoms with van der Waals surface area (Å²) >= 11 is 0. The molecule has 0 atom stereocenters. The van der Waals surface area contributed by atoms with Gasteiger partial charge in [0.15, 0.2) is 0 Å². The Kier molecular flexibility index (Phi) is 5.24. The molecule has 1 aliphatic heterocycles. The highest BCUT2D eigenvalue weighted by Crippen LogP contribution is 2.31. The van der Waals surface area contributed by atoms with Crippen LogP contribution >= 0.6 is 0 Å². The number of nitrogens with zero attached hydrogens (tertiary/aromatic N) is 2. The number of carbonyl (C=O) groups is 1. The lowest BCUT2D eigenvalue weighted by Gasteiger charge is -2.20. The fourth-order valence-electron chi connectivity index (χ4n) is 3.48. The number of rotatable bonds is 5. The maximum absolute atomic E-state index is 12.2. The maximum atomic E-state index is 12.2. The number of hydrogen-bond acceptors (Lipinski definition) is 3. The average Bonchev–Trinajstić information content (AvgIpc) is 3.11. The Labute approximate surface area is 165 Å². The van der Waals surface area contributed by atoms with Gasteiger partial charge in [0.1, 0.15) is 0 Å². The zero-order chi connectivity index (χ0) is 19.3. The first kappa shape index (κ1) is 18.0. The monoisotopic (exact) mass is 372 g/mol. The topological polar surface area (TPSA) is 57.3 Å². The molecular weight excluding hydrogens is 348 g/mol. The Bertz CT molecular complexity index is 954. The molecule has 0 radical (unpaired) electrons. The standard InChI is InChI=1S/C23H24N4O/c1-17-2-4-19(5-3-17)16-27-13-10-20-14-21(6-7-22(20)27)26-23(28)25-15-18-8-11-24-12-9-18/h2-9,11-12,14H,10,13,15-16H2,1H3,(H2,25,26,28). The summed E-state index contributed by atoms with van der Waals surface area (Å²) in [6.45, 7) is 4.49. The second kappa shape index (κ2) is 8.13. The third kappa shape index (κ3) is 4.31. The predicted octanol–water partition coefficient (Wildman–Crippen LogP) is 4.27. The summed E-state index contributed by atoms with van der Waals surface area (Å²) in [6, 6.07) is 18.4. The smallest absolute Gasteiger partial charge is 0.319 e. The van der Waals surface area contributed by atoms with Crippen molar-refractivity contribution < 1.29 is 4.79 Å². The van der Waals surface area contributed by atoms with Crippen molar-refractivity contribution in [3.05, 3.63) is 89.2 Å². The van der Waals surface area contributed by atoms with Crippen molar-refractivity contribution in [1.29, 1.82) is 0 Å². The molecule has 2 amide bonds. The summed E-state index contributed by atoms with van der Waals surface area (Å²) in [4.78, 5) is 18.5. The van der Waals surface area contributed by atoms with E-state index in [9.17, 15) is 4.79 Å². The number of aryl methyl sites for hydroxylation is 1. The summed E-state index contributed by atoms with van der Waals surface area (Å²) in [7, 11) is 0. The van der Waals surface area contributed by atoms with E-state index in [1.807, 2.05) is 18.2 Å². The molecule has 0 saturated heterocycles. The summed E-state index contributed by atoms with van der Waals surface area (Å²) in [5.41, 5.74) is 6.97. The molecule has 1 aliphatic rings. The quantitative estimate of drug-likeness (QED) is 0.703. The van der Waals surface area contributed by atoms with E-state index < -0.39 is 0 Å². The molecule has 4 rings (SSSR count). The van der Waals surface area contributed by atoms with Crippen LogP contribution in [0.2, 0.25) is 0 Å². The molecule has 5 heteroatoms. The van der Waals surface area contributed by atoms with E-state index in [1.54, 1.807) is 12.4 Å². The van der Waals surface area contributed by atoms with Crippen LogP contribution in [0.5, 0.6) is 0 Å². The lowest BCUT2D eigenvalue weighted by Crippen LogP contribution is -2.28. The van der Waals surface area contributed by atoms with Crippen LogP contribution < -0.4 is 15.5 Å². The van der Waals surface area contributed by atoms with E-state index in [0.29, 0.717) is 6.54 Å². The van der Waals surface area contributed by atoms with Gasteiger partial charge in [0.05, 0.1) is 0 Å². The van der Waals surface area contributed by atoms with Crippen molar-refractivity contribution in [2.24, 2.45) is 0 Å². The van der Waals surface area contributed by atoms with Crippen molar-refractivity contribution >= 4 is 17.4 Å². The molecule has 0 bridgehead atoms. The minimum atomic E-state index is -0.203. The number of pyridine rings is 1. The SMILES string of the molecule is Cc1ccc(CN2CCc3cc(NC(=O)NCc4ccncc4)ccc32)cc1. The lowest BCUT2D eigenvalue weighted by atomic mass is 10.1. The molecule has 1 aromatic heterocycles. The van der Waals surface area contributed by atoms with E-state index in [0.717, 1.165) is 30.8 Å². The fourth-order valence-corrected chi connectivity index (χ4v) is 3.48. The van der Waals surface area contributed by atoms with Crippen LogP contribution in [0, 0.1) is 6.92 Å². The van der Waals surface area contributed by atoms with Crippen molar-refractivity contribution in [3.63, 3.8) is 0 Å². The molecule has 0 saturated carbocycles. The number of benzene rings is 2. The van der Waals surface area contributed by atoms with E-state index >= 15 is 0 Å². The van der Waals surface area contributed by atoms with Crippen LogP contribution in [0.3, 0.4) is 0 Å². The normalized spacial score (nSPS) is 12.5. The third-order valence-electron chi connectivity index (χ3n) is 5.03. The van der Waals surface area contributed by atoms with Gasteiger partial charge in [-0.3, -0.25) is 4.98 Å². The summed E-state index contributed by atoms with van der Waals surface area (Å²) in [5.74, 6) is 0. The van der Waals surface area contributed by atoms with Gasteiger partial charge in [-0.1, -0.05) is 29.8 Å². The molecule has 142 valence electrons. The van der Waals surface area contributed by atoms with Gasteiger partial charge in [0.25, 0.3) is 0 Å². The van der Waals surface area contributed by atoms with Crippen LogP contribution in [0.1, 0.15) is 22.3 Å². The number of fused-ring (bicyclic) bond motifs is 1. The minimum Gasteiger partial charge on any atom is -0.367 e. The van der Waals surface area contributed by atoms with Gasteiger partial charge in [-0.05, 0) is 60.4 Å². The molecule has 2 heterocycles. The highest BCUT2D eigenvalue weighted by atomic mass is 16.2. The van der Waals surface area contributed by atoms with Crippen molar-refractivity contribution in [2.75, 3.05) is 16.8 Å². The first-order valence-electron chi connectivity index (χ1n) is 9.54. The largest absolute Gasteiger partial charge is 0.367 e. The van der Waals surface area contributed by atoms with Gasteiger partial charge in [0.2, 0.25) is 0 Å². The molecule has 0 aliphatic carbocycles. The van der Waals surface area contributed by atoms with Crippen LogP contribution in [0.15, 0.2) is 67.0 Å². The molecule has 0 spiro atoms. The second-order valence-corrected chi connectivity index (χ2v) is 7.16. The lowest BCUT2D eigenvalue weighted by molar-refractivity contribution is 0.251. The van der Waals surface area contributed by atoms with Gasteiger partial charge in [-0.25, -0.2) is 4.79 Å². The van der Waals surface area contributed by atoms with Crippen molar-refractivity contribution in [1.82, 2.24) is 10.3 Å². The number of nitrogens with one attached hydrogen (secondary N) is 2. The number of urea groups is 1. The van der Waals surface area contributed by atoms with Crippen molar-refractivity contribution in [2.45, 2.75) is 26.4 Å². The first-order chi connectivity index (χ1) is 13.7. The van der Waals surface area contributed by atoms with E-state index in [1.165, 1.54) is 22.4 Å². The highest BCUT2D eigenvalue weighted by Gasteiger charge is 2.19. The number of anilines is 2. The van der Waals surface area contributed by atoms with Crippen LogP contribution in [-0.4, -0.2) is 17.6 Å². The molecule has 2 aromatic carbocycles. The minimum absolute atomic E-state index is 0.203. The van der Waals surface area contributed by atoms with Gasteiger partial charge in [0, 0.05) is 43.4 Å². The molecule has 3 aromatic rings. The molecule has 2 N–H and O–H groups in total. The Morgan fingerprint density at radius 3 is 2.61 bits per heavy atom. The molecule has 0 fully saturated rings. The molecule has 5 nitrogen and oxygen atoms in total. The first-order valence-corrected chi connectivity index (χ1v) is 9.54. The van der Waals surface area contributed by atoms with Crippen LogP contribution in [-0.2, 0) is 19.5 Å². The summed E-state index contributed by atoms with van der Waals surface area (Å²) < 4.78 is 0. The summed E-state index contributed by atoms with van der Waals surface area (Å²) in [6.07, 6.45) is 4.44. The number of carbonyl (C=O) groups excluding carboxylic acids is 1. The maximum Gasteiger partial charge on any atom is 0.319 e. The van der Waals surface area contributed by atoms with Gasteiger partial charge in [-0.15, -0.1) is 0 Å².